The SMILES string of the molecule is O=C(Cc1cccc(F)c1)N1CCN(Cc2cccs2)CC1. The van der Waals surface area contributed by atoms with Crippen molar-refractivity contribution in [2.75, 3.05) is 26.2 Å². The Morgan fingerprint density at radius 2 is 1.95 bits per heavy atom. The van der Waals surface area contributed by atoms with Gasteiger partial charge in [0.1, 0.15) is 5.82 Å². The fourth-order valence-corrected chi connectivity index (χ4v) is 3.46. The van der Waals surface area contributed by atoms with Gasteiger partial charge in [0.25, 0.3) is 0 Å². The Balaban J connectivity index is 1.49. The van der Waals surface area contributed by atoms with Crippen LogP contribution in [0.2, 0.25) is 0 Å². The van der Waals surface area contributed by atoms with Gasteiger partial charge < -0.3 is 4.90 Å². The van der Waals surface area contributed by atoms with Crippen molar-refractivity contribution >= 4 is 17.2 Å². The standard InChI is InChI=1S/C17H19FN2OS/c18-15-4-1-3-14(11-15)12-17(21)20-8-6-19(7-9-20)13-16-5-2-10-22-16/h1-5,10-11H,6-9,12-13H2. The largest absolute Gasteiger partial charge is 0.340 e. The molecule has 1 aliphatic heterocycles. The Morgan fingerprint density at radius 3 is 2.64 bits per heavy atom. The molecule has 0 atom stereocenters. The lowest BCUT2D eigenvalue weighted by molar-refractivity contribution is -0.132. The number of benzene rings is 1. The maximum atomic E-state index is 13.2. The van der Waals surface area contributed by atoms with Crippen LogP contribution in [0, 0.1) is 5.82 Å². The van der Waals surface area contributed by atoms with Crippen molar-refractivity contribution < 1.29 is 9.18 Å². The molecule has 3 nitrogen and oxygen atoms in total. The zero-order chi connectivity index (χ0) is 15.4. The molecule has 0 aliphatic carbocycles. The van der Waals surface area contributed by atoms with E-state index >= 15 is 0 Å². The van der Waals surface area contributed by atoms with Gasteiger partial charge in [-0.15, -0.1) is 11.3 Å². The molecule has 0 N–H and O–H groups in total. The Kier molecular flexibility index (Phi) is 4.85. The quantitative estimate of drug-likeness (QED) is 0.865. The highest BCUT2D eigenvalue weighted by molar-refractivity contribution is 7.09. The van der Waals surface area contributed by atoms with Gasteiger partial charge in [-0.3, -0.25) is 9.69 Å². The third-order valence-corrected chi connectivity index (χ3v) is 4.79. The van der Waals surface area contributed by atoms with Crippen molar-refractivity contribution in [2.45, 2.75) is 13.0 Å². The maximum absolute atomic E-state index is 13.2. The summed E-state index contributed by atoms with van der Waals surface area (Å²) < 4.78 is 13.2. The summed E-state index contributed by atoms with van der Waals surface area (Å²) in [5, 5.41) is 2.09. The van der Waals surface area contributed by atoms with E-state index < -0.39 is 0 Å². The molecule has 2 aromatic rings. The van der Waals surface area contributed by atoms with E-state index in [1.165, 1.54) is 17.0 Å². The molecule has 0 unspecified atom stereocenters. The number of carbonyl (C=O) groups excluding carboxylic acids is 1. The summed E-state index contributed by atoms with van der Waals surface area (Å²) in [6.07, 6.45) is 0.280. The van der Waals surface area contributed by atoms with Crippen LogP contribution < -0.4 is 0 Å². The van der Waals surface area contributed by atoms with Crippen molar-refractivity contribution in [3.05, 3.63) is 58.0 Å². The number of piperazine rings is 1. The van der Waals surface area contributed by atoms with Crippen molar-refractivity contribution in [3.8, 4) is 0 Å². The van der Waals surface area contributed by atoms with Gasteiger partial charge >= 0.3 is 0 Å². The van der Waals surface area contributed by atoms with Crippen LogP contribution in [-0.2, 0) is 17.8 Å². The average molecular weight is 318 g/mol. The molecule has 0 radical (unpaired) electrons. The van der Waals surface area contributed by atoms with E-state index in [4.69, 9.17) is 0 Å². The number of thiophene rings is 1. The van der Waals surface area contributed by atoms with Crippen LogP contribution in [0.25, 0.3) is 0 Å². The second kappa shape index (κ2) is 7.03. The Labute approximate surface area is 134 Å². The van der Waals surface area contributed by atoms with Gasteiger partial charge in [0.2, 0.25) is 5.91 Å². The predicted octanol–water partition coefficient (Wildman–Crippen LogP) is 2.77. The first-order chi connectivity index (χ1) is 10.7. The van der Waals surface area contributed by atoms with Crippen LogP contribution in [0.15, 0.2) is 41.8 Å². The van der Waals surface area contributed by atoms with E-state index in [0.29, 0.717) is 0 Å². The molecule has 2 heterocycles. The molecule has 1 aromatic carbocycles. The minimum absolute atomic E-state index is 0.0846. The lowest BCUT2D eigenvalue weighted by Gasteiger charge is -2.34. The van der Waals surface area contributed by atoms with Crippen LogP contribution in [-0.4, -0.2) is 41.9 Å². The Morgan fingerprint density at radius 1 is 1.14 bits per heavy atom. The number of hydrogen-bond acceptors (Lipinski definition) is 3. The number of nitrogens with zero attached hydrogens (tertiary/aromatic N) is 2. The molecule has 116 valence electrons. The molecule has 1 fully saturated rings. The van der Waals surface area contributed by atoms with Crippen molar-refractivity contribution in [2.24, 2.45) is 0 Å². The first-order valence-electron chi connectivity index (χ1n) is 7.48. The summed E-state index contributed by atoms with van der Waals surface area (Å²) in [5.74, 6) is -0.201. The van der Waals surface area contributed by atoms with E-state index in [1.54, 1.807) is 23.5 Å². The van der Waals surface area contributed by atoms with Gasteiger partial charge in [-0.25, -0.2) is 4.39 Å². The zero-order valence-electron chi connectivity index (χ0n) is 12.4. The summed E-state index contributed by atoms with van der Waals surface area (Å²) in [4.78, 5) is 17.9. The van der Waals surface area contributed by atoms with Gasteiger partial charge in [0.05, 0.1) is 6.42 Å². The predicted molar refractivity (Wildman–Crippen MR) is 86.3 cm³/mol. The molecular formula is C17H19FN2OS. The van der Waals surface area contributed by atoms with Crippen LogP contribution in [0.5, 0.6) is 0 Å². The monoisotopic (exact) mass is 318 g/mol. The third kappa shape index (κ3) is 3.93. The molecule has 1 amide bonds. The maximum Gasteiger partial charge on any atom is 0.227 e. The molecule has 22 heavy (non-hydrogen) atoms. The van der Waals surface area contributed by atoms with Crippen LogP contribution >= 0.6 is 11.3 Å². The first kappa shape index (κ1) is 15.2. The third-order valence-electron chi connectivity index (χ3n) is 3.93. The number of halogens is 1. The molecule has 1 saturated heterocycles. The number of amides is 1. The molecule has 1 aliphatic rings. The van der Waals surface area contributed by atoms with E-state index in [-0.39, 0.29) is 18.1 Å². The number of hydrogen-bond donors (Lipinski definition) is 0. The average Bonchev–Trinajstić information content (AvgIpc) is 3.01. The van der Waals surface area contributed by atoms with E-state index in [9.17, 15) is 9.18 Å². The molecule has 5 heteroatoms. The molecule has 0 saturated carbocycles. The summed E-state index contributed by atoms with van der Waals surface area (Å²) in [7, 11) is 0. The van der Waals surface area contributed by atoms with Crippen LogP contribution in [0.3, 0.4) is 0 Å². The normalized spacial score (nSPS) is 16.0. The molecule has 3 rings (SSSR count). The summed E-state index contributed by atoms with van der Waals surface area (Å²) >= 11 is 1.77. The highest BCUT2D eigenvalue weighted by atomic mass is 32.1. The van der Waals surface area contributed by atoms with Crippen LogP contribution in [0.4, 0.5) is 4.39 Å². The second-order valence-electron chi connectivity index (χ2n) is 5.54. The minimum atomic E-state index is -0.286. The van der Waals surface area contributed by atoms with E-state index in [0.717, 1.165) is 38.3 Å². The van der Waals surface area contributed by atoms with Gasteiger partial charge in [-0.05, 0) is 29.1 Å². The van der Waals surface area contributed by atoms with Gasteiger partial charge in [0.15, 0.2) is 0 Å². The molecule has 0 bridgehead atoms. The molecular weight excluding hydrogens is 299 g/mol. The summed E-state index contributed by atoms with van der Waals surface area (Å²) in [5.41, 5.74) is 0.742. The second-order valence-corrected chi connectivity index (χ2v) is 6.58. The number of rotatable bonds is 4. The lowest BCUT2D eigenvalue weighted by atomic mass is 10.1. The smallest absolute Gasteiger partial charge is 0.227 e. The fraction of sp³-hybridized carbons (Fsp3) is 0.353. The highest BCUT2D eigenvalue weighted by Gasteiger charge is 2.21. The minimum Gasteiger partial charge on any atom is -0.340 e. The Bertz CT molecular complexity index is 621. The van der Waals surface area contributed by atoms with Gasteiger partial charge in [-0.1, -0.05) is 18.2 Å². The Hall–Kier alpha value is -1.72. The summed E-state index contributed by atoms with van der Waals surface area (Å²) in [6, 6.07) is 10.5. The van der Waals surface area contributed by atoms with Crippen LogP contribution in [0.1, 0.15) is 10.4 Å². The highest BCUT2D eigenvalue weighted by Crippen LogP contribution is 2.14. The number of carbonyl (C=O) groups is 1. The van der Waals surface area contributed by atoms with E-state index in [1.807, 2.05) is 4.90 Å². The van der Waals surface area contributed by atoms with Crippen molar-refractivity contribution in [1.82, 2.24) is 9.80 Å². The molecule has 1 aromatic heterocycles. The molecule has 0 spiro atoms. The lowest BCUT2D eigenvalue weighted by Crippen LogP contribution is -2.48. The van der Waals surface area contributed by atoms with E-state index in [2.05, 4.69) is 22.4 Å². The summed E-state index contributed by atoms with van der Waals surface area (Å²) in [6.45, 7) is 4.25. The van der Waals surface area contributed by atoms with Gasteiger partial charge in [0, 0.05) is 37.6 Å². The fourth-order valence-electron chi connectivity index (χ4n) is 2.71. The first-order valence-corrected chi connectivity index (χ1v) is 8.35. The van der Waals surface area contributed by atoms with Crippen molar-refractivity contribution in [1.29, 1.82) is 0 Å². The zero-order valence-corrected chi connectivity index (χ0v) is 13.2. The van der Waals surface area contributed by atoms with Gasteiger partial charge in [-0.2, -0.15) is 0 Å². The van der Waals surface area contributed by atoms with Crippen molar-refractivity contribution in [3.63, 3.8) is 0 Å². The topological polar surface area (TPSA) is 23.6 Å².